The minimum Gasteiger partial charge on any atom is -0.504 e. The molecule has 45 heavy (non-hydrogen) atoms. The fourth-order valence-corrected chi connectivity index (χ4v) is 9.28. The largest absolute Gasteiger partial charge is 0.504 e. The molecule has 12 atom stereocenters. The first-order valence-electron chi connectivity index (χ1n) is 14.6. The Bertz CT molecular complexity index is 1590. The molecule has 2 aromatic rings. The van der Waals surface area contributed by atoms with E-state index in [0.717, 1.165) is 0 Å². The Balaban J connectivity index is 1.02. The van der Waals surface area contributed by atoms with Crippen molar-refractivity contribution < 1.29 is 68.3 Å². The van der Waals surface area contributed by atoms with Crippen LogP contribution in [0.2, 0.25) is 0 Å². The van der Waals surface area contributed by atoms with Crippen LogP contribution in [0.15, 0.2) is 48.5 Å². The van der Waals surface area contributed by atoms with Gasteiger partial charge in [-0.3, -0.25) is 0 Å². The maximum atomic E-state index is 12.9. The third kappa shape index (κ3) is 3.03. The zero-order valence-corrected chi connectivity index (χ0v) is 24.2. The molecule has 3 saturated heterocycles. The Morgan fingerprint density at radius 3 is 2.40 bits per heavy atom. The molecule has 5 N–H and O–H groups in total. The van der Waals surface area contributed by atoms with Crippen molar-refractivity contribution in [2.75, 3.05) is 20.3 Å². The molecular formula is C31H32O14. The van der Waals surface area contributed by atoms with Gasteiger partial charge in [-0.1, -0.05) is 18.2 Å². The van der Waals surface area contributed by atoms with Gasteiger partial charge in [0.25, 0.3) is 0 Å². The average Bonchev–Trinajstić information content (AvgIpc) is 3.02. The van der Waals surface area contributed by atoms with Crippen LogP contribution in [0.3, 0.4) is 0 Å². The predicted octanol–water partition coefficient (Wildman–Crippen LogP) is -0.169. The van der Waals surface area contributed by atoms with Crippen molar-refractivity contribution in [2.24, 2.45) is 16.7 Å². The number of hydrogen-bond donors (Lipinski definition) is 5. The number of benzene rings is 2. The van der Waals surface area contributed by atoms with E-state index in [4.69, 9.17) is 33.2 Å². The smallest absolute Gasteiger partial charge is 0.338 e. The molecule has 6 fully saturated rings. The van der Waals surface area contributed by atoms with Gasteiger partial charge < -0.3 is 58.7 Å². The van der Waals surface area contributed by atoms with Gasteiger partial charge in [0.15, 0.2) is 29.9 Å². The van der Waals surface area contributed by atoms with Crippen LogP contribution in [0.5, 0.6) is 11.5 Å². The number of phenols is 1. The molecule has 3 aliphatic carbocycles. The number of aliphatic hydroxyl groups is 4. The van der Waals surface area contributed by atoms with Crippen LogP contribution in [-0.4, -0.2) is 112 Å². The van der Waals surface area contributed by atoms with E-state index in [9.17, 15) is 35.1 Å². The Labute approximate surface area is 255 Å². The first-order chi connectivity index (χ1) is 21.4. The highest BCUT2D eigenvalue weighted by atomic mass is 16.8. The van der Waals surface area contributed by atoms with Crippen molar-refractivity contribution in [3.05, 3.63) is 59.7 Å². The molecular weight excluding hydrogens is 596 g/mol. The molecule has 3 unspecified atom stereocenters. The molecule has 3 heterocycles. The number of hydrogen-bond acceptors (Lipinski definition) is 14. The van der Waals surface area contributed by atoms with Gasteiger partial charge in [0.1, 0.15) is 54.2 Å². The zero-order valence-electron chi connectivity index (χ0n) is 24.2. The number of ether oxygens (including phenoxy) is 7. The second-order valence-corrected chi connectivity index (χ2v) is 12.7. The fourth-order valence-electron chi connectivity index (χ4n) is 9.28. The SMILES string of the molecule is COc1cc(C(=O)OC[C@H]2O[C@@H](OC34CC5[C@@]3(COC(=O)c3ccccc3)C36[C@@H](O[C@]43C)O[C@@]56O)[C@H](O)[C@@H](O)[C@@H]2O)ccc1O. The third-order valence-electron chi connectivity index (χ3n) is 11.3. The van der Waals surface area contributed by atoms with E-state index in [1.54, 1.807) is 37.3 Å². The number of carbonyl (C=O) groups is 2. The first-order valence-corrected chi connectivity index (χ1v) is 14.6. The summed E-state index contributed by atoms with van der Waals surface area (Å²) in [5.41, 5.74) is -3.76. The van der Waals surface area contributed by atoms with Gasteiger partial charge in [0, 0.05) is 5.92 Å². The van der Waals surface area contributed by atoms with Gasteiger partial charge in [-0.25, -0.2) is 9.59 Å². The van der Waals surface area contributed by atoms with Crippen molar-refractivity contribution in [3.8, 4) is 11.5 Å². The molecule has 0 bridgehead atoms. The molecule has 3 aliphatic heterocycles. The quantitative estimate of drug-likeness (QED) is 0.229. The summed E-state index contributed by atoms with van der Waals surface area (Å²) in [4.78, 5) is 25.6. The Kier molecular flexibility index (Phi) is 5.91. The predicted molar refractivity (Wildman–Crippen MR) is 144 cm³/mol. The number of methoxy groups -OCH3 is 1. The number of phenolic OH excluding ortho intramolecular Hbond substituents is 1. The van der Waals surface area contributed by atoms with Crippen LogP contribution in [0.25, 0.3) is 0 Å². The van der Waals surface area contributed by atoms with Gasteiger partial charge >= 0.3 is 11.9 Å². The lowest BCUT2D eigenvalue weighted by atomic mass is 9.08. The van der Waals surface area contributed by atoms with Crippen LogP contribution >= 0.6 is 0 Å². The van der Waals surface area contributed by atoms with Gasteiger partial charge in [-0.15, -0.1) is 0 Å². The summed E-state index contributed by atoms with van der Waals surface area (Å²) in [7, 11) is 1.33. The summed E-state index contributed by atoms with van der Waals surface area (Å²) in [6.45, 7) is 1.11. The molecule has 240 valence electrons. The highest BCUT2D eigenvalue weighted by molar-refractivity contribution is 5.90. The van der Waals surface area contributed by atoms with Crippen molar-refractivity contribution in [1.82, 2.24) is 0 Å². The number of aromatic hydroxyl groups is 1. The molecule has 0 amide bonds. The van der Waals surface area contributed by atoms with Gasteiger partial charge in [-0.2, -0.15) is 0 Å². The number of aliphatic hydroxyl groups excluding tert-OH is 3. The Morgan fingerprint density at radius 2 is 1.69 bits per heavy atom. The lowest BCUT2D eigenvalue weighted by Crippen LogP contribution is -3.20. The standard InChI is InChI=1S/C31H32O14/c1-27-29(11-19-28(29,30(27)26(44-27)45-31(19,30)38)13-41-23(36)14-6-4-3-5-7-14)43-25-22(35)21(34)20(33)18(42-25)12-40-24(37)15-8-9-16(32)17(10-15)39-2/h3-10,18-22,25-26,32-35,38H,11-13H2,1-2H3/t18-,19?,20-,21+,22-,25+,26+,27-,28-,29?,30?,31+/m1/s1. The molecule has 2 aromatic carbocycles. The van der Waals surface area contributed by atoms with E-state index < -0.39 is 89.3 Å². The van der Waals surface area contributed by atoms with Crippen LogP contribution in [0, 0.1) is 16.7 Å². The van der Waals surface area contributed by atoms with Crippen LogP contribution in [-0.2, 0) is 28.4 Å². The van der Waals surface area contributed by atoms with E-state index in [1.165, 1.54) is 25.3 Å². The molecule has 14 nitrogen and oxygen atoms in total. The number of esters is 2. The number of carbonyl (C=O) groups excluding carboxylic acids is 2. The van der Waals surface area contributed by atoms with E-state index in [1.807, 2.05) is 0 Å². The lowest BCUT2D eigenvalue weighted by molar-refractivity contribution is -0.792. The molecule has 0 aromatic heterocycles. The van der Waals surface area contributed by atoms with Crippen LogP contribution < -0.4 is 4.74 Å². The summed E-state index contributed by atoms with van der Waals surface area (Å²) in [5, 5.41) is 53.6. The Morgan fingerprint density at radius 1 is 0.956 bits per heavy atom. The van der Waals surface area contributed by atoms with Gasteiger partial charge in [0.2, 0.25) is 0 Å². The minimum atomic E-state index is -1.73. The van der Waals surface area contributed by atoms with E-state index >= 15 is 0 Å². The molecule has 0 radical (unpaired) electrons. The maximum absolute atomic E-state index is 12.9. The first kappa shape index (κ1) is 29.1. The second kappa shape index (κ2) is 9.14. The monoisotopic (exact) mass is 628 g/mol. The van der Waals surface area contributed by atoms with E-state index in [-0.39, 0.29) is 30.1 Å². The van der Waals surface area contributed by atoms with Crippen molar-refractivity contribution in [1.29, 1.82) is 0 Å². The topological polar surface area (TPSA) is 200 Å². The van der Waals surface area contributed by atoms with E-state index in [2.05, 4.69) is 0 Å². The second-order valence-electron chi connectivity index (χ2n) is 12.7. The highest BCUT2D eigenvalue weighted by Crippen LogP contribution is 3.03. The summed E-state index contributed by atoms with van der Waals surface area (Å²) in [6, 6.07) is 12.3. The van der Waals surface area contributed by atoms with Crippen LogP contribution in [0.4, 0.5) is 0 Å². The van der Waals surface area contributed by atoms with Crippen molar-refractivity contribution in [2.45, 2.75) is 67.3 Å². The summed E-state index contributed by atoms with van der Waals surface area (Å²) < 4.78 is 40.3. The zero-order chi connectivity index (χ0) is 31.7. The fraction of sp³-hybridized carbons (Fsp3) is 0.548. The third-order valence-corrected chi connectivity index (χ3v) is 11.3. The average molecular weight is 629 g/mol. The number of fused-ring (bicyclic) bond motifs is 2. The molecule has 8 rings (SSSR count). The van der Waals surface area contributed by atoms with Crippen molar-refractivity contribution in [3.63, 3.8) is 0 Å². The summed E-state index contributed by atoms with van der Waals surface area (Å²) in [5.74, 6) is -3.44. The normalized spacial score (nSPS) is 46.0. The van der Waals surface area contributed by atoms with Gasteiger partial charge in [0.05, 0.1) is 23.7 Å². The maximum Gasteiger partial charge on any atom is 0.338 e. The molecule has 3 saturated carbocycles. The summed E-state index contributed by atoms with van der Waals surface area (Å²) >= 11 is 0. The molecule has 6 aliphatic rings. The Hall–Kier alpha value is -3.34. The summed E-state index contributed by atoms with van der Waals surface area (Å²) in [6.07, 6.45) is -8.43. The molecule has 14 heteroatoms. The van der Waals surface area contributed by atoms with E-state index in [0.29, 0.717) is 5.56 Å². The highest BCUT2D eigenvalue weighted by Gasteiger charge is 3.18. The van der Waals surface area contributed by atoms with Crippen molar-refractivity contribution >= 4 is 11.9 Å². The number of rotatable bonds is 9. The minimum absolute atomic E-state index is 0.0545. The molecule has 1 spiro atoms. The van der Waals surface area contributed by atoms with Crippen LogP contribution in [0.1, 0.15) is 34.1 Å². The van der Waals surface area contributed by atoms with Gasteiger partial charge in [-0.05, 0) is 43.7 Å². The lowest BCUT2D eigenvalue weighted by Gasteiger charge is -3.05.